The number of nitrogens with zero attached hydrogens (tertiary/aromatic N) is 1. The van der Waals surface area contributed by atoms with Crippen LogP contribution in [0.5, 0.6) is 0 Å². The Balaban J connectivity index is 0.00000180. The number of fused-ring (bicyclic) bond motifs is 1. The van der Waals surface area contributed by atoms with Crippen LogP contribution in [0.2, 0.25) is 0 Å². The molecule has 0 aromatic rings. The molecule has 5 nitrogen and oxygen atoms in total. The number of carbonyl (C=O) groups is 1. The van der Waals surface area contributed by atoms with E-state index >= 15 is 0 Å². The summed E-state index contributed by atoms with van der Waals surface area (Å²) in [6.45, 7) is 7.18. The molecule has 0 aromatic carbocycles. The van der Waals surface area contributed by atoms with Crippen molar-refractivity contribution in [2.24, 2.45) is 11.1 Å². The second kappa shape index (κ2) is 5.95. The molecule has 2 heterocycles. The predicted molar refractivity (Wildman–Crippen MR) is 75.2 cm³/mol. The van der Waals surface area contributed by atoms with Crippen LogP contribution in [0.15, 0.2) is 0 Å². The number of ether oxygens (including phenoxy) is 1. The highest BCUT2D eigenvalue weighted by molar-refractivity contribution is 5.85. The van der Waals surface area contributed by atoms with Crippen molar-refractivity contribution < 1.29 is 14.6 Å². The van der Waals surface area contributed by atoms with Gasteiger partial charge in [-0.2, -0.15) is 0 Å². The standard InChI is InChI=1S/C13H24N2O3.ClH/c1-13(2,3)6-8(14)12(17)15-5-4-10-11(15)9(16)7-18-10;/h8-11,16H,4-7,14H2,1-3H3;1H/t8?,9-,10+,11+;/m0./s1. The molecule has 19 heavy (non-hydrogen) atoms. The minimum atomic E-state index is -0.566. The molecule has 6 heteroatoms. The third-order valence-corrected chi connectivity index (χ3v) is 3.70. The normalized spacial score (nSPS) is 31.8. The van der Waals surface area contributed by atoms with Crippen molar-refractivity contribution in [3.63, 3.8) is 0 Å². The van der Waals surface area contributed by atoms with Gasteiger partial charge in [-0.3, -0.25) is 4.79 Å². The number of hydrogen-bond donors (Lipinski definition) is 2. The first-order chi connectivity index (χ1) is 8.29. The van der Waals surface area contributed by atoms with Gasteiger partial charge in [0.1, 0.15) is 6.10 Å². The van der Waals surface area contributed by atoms with E-state index in [-0.39, 0.29) is 35.9 Å². The number of carbonyl (C=O) groups excluding carboxylic acids is 1. The van der Waals surface area contributed by atoms with Crippen molar-refractivity contribution in [3.8, 4) is 0 Å². The molecule has 112 valence electrons. The zero-order chi connectivity index (χ0) is 13.5. The molecule has 1 amide bonds. The number of halogens is 1. The van der Waals surface area contributed by atoms with Gasteiger partial charge in [0, 0.05) is 6.54 Å². The van der Waals surface area contributed by atoms with E-state index in [0.717, 1.165) is 6.42 Å². The van der Waals surface area contributed by atoms with Crippen LogP contribution in [0.25, 0.3) is 0 Å². The first-order valence-electron chi connectivity index (χ1n) is 6.65. The van der Waals surface area contributed by atoms with Crippen molar-refractivity contribution in [3.05, 3.63) is 0 Å². The van der Waals surface area contributed by atoms with E-state index < -0.39 is 12.1 Å². The molecule has 2 aliphatic rings. The number of aliphatic hydroxyl groups excluding tert-OH is 1. The van der Waals surface area contributed by atoms with Crippen molar-refractivity contribution >= 4 is 18.3 Å². The van der Waals surface area contributed by atoms with Gasteiger partial charge >= 0.3 is 0 Å². The fourth-order valence-electron chi connectivity index (χ4n) is 2.96. The minimum Gasteiger partial charge on any atom is -0.388 e. The summed E-state index contributed by atoms with van der Waals surface area (Å²) in [4.78, 5) is 14.1. The van der Waals surface area contributed by atoms with Gasteiger partial charge < -0.3 is 20.5 Å². The van der Waals surface area contributed by atoms with Crippen molar-refractivity contribution in [1.82, 2.24) is 4.90 Å². The van der Waals surface area contributed by atoms with Gasteiger partial charge in [-0.1, -0.05) is 20.8 Å². The summed E-state index contributed by atoms with van der Waals surface area (Å²) in [6, 6.07) is -0.680. The summed E-state index contributed by atoms with van der Waals surface area (Å²) < 4.78 is 5.47. The van der Waals surface area contributed by atoms with Crippen molar-refractivity contribution in [1.29, 1.82) is 0 Å². The van der Waals surface area contributed by atoms with Crippen LogP contribution in [0.3, 0.4) is 0 Å². The lowest BCUT2D eigenvalue weighted by Crippen LogP contribution is -2.51. The fraction of sp³-hybridized carbons (Fsp3) is 0.923. The third kappa shape index (κ3) is 3.60. The average molecular weight is 293 g/mol. The third-order valence-electron chi connectivity index (χ3n) is 3.70. The zero-order valence-corrected chi connectivity index (χ0v) is 12.7. The minimum absolute atomic E-state index is 0. The molecular formula is C13H25ClN2O3. The summed E-state index contributed by atoms with van der Waals surface area (Å²) in [7, 11) is 0. The second-order valence-corrected chi connectivity index (χ2v) is 6.62. The molecule has 1 unspecified atom stereocenters. The second-order valence-electron chi connectivity index (χ2n) is 6.62. The maximum atomic E-state index is 12.3. The molecule has 0 radical (unpaired) electrons. The molecule has 2 rings (SSSR count). The van der Waals surface area contributed by atoms with Gasteiger partial charge in [-0.25, -0.2) is 0 Å². The summed E-state index contributed by atoms with van der Waals surface area (Å²) in [6.07, 6.45) is 0.876. The van der Waals surface area contributed by atoms with Crippen LogP contribution in [0.1, 0.15) is 33.6 Å². The highest BCUT2D eigenvalue weighted by atomic mass is 35.5. The zero-order valence-electron chi connectivity index (χ0n) is 11.8. The van der Waals surface area contributed by atoms with E-state index in [9.17, 15) is 9.90 Å². The Morgan fingerprint density at radius 2 is 2.16 bits per heavy atom. The molecule has 2 aliphatic heterocycles. The highest BCUT2D eigenvalue weighted by Crippen LogP contribution is 2.30. The first kappa shape index (κ1) is 16.7. The average Bonchev–Trinajstić information content (AvgIpc) is 2.78. The van der Waals surface area contributed by atoms with Gasteiger partial charge in [-0.15, -0.1) is 12.4 Å². The number of nitrogens with two attached hydrogens (primary N) is 1. The molecule has 0 saturated carbocycles. The Hall–Kier alpha value is -0.360. The quantitative estimate of drug-likeness (QED) is 0.778. The lowest BCUT2D eigenvalue weighted by Gasteiger charge is -2.30. The lowest BCUT2D eigenvalue weighted by atomic mass is 9.88. The van der Waals surface area contributed by atoms with Gasteiger partial charge in [0.25, 0.3) is 0 Å². The van der Waals surface area contributed by atoms with Gasteiger partial charge in [0.05, 0.1) is 24.8 Å². The fourth-order valence-corrected chi connectivity index (χ4v) is 2.96. The molecule has 0 aromatic heterocycles. The summed E-state index contributed by atoms with van der Waals surface area (Å²) in [5.41, 5.74) is 6.02. The maximum absolute atomic E-state index is 12.3. The molecule has 3 N–H and O–H groups in total. The van der Waals surface area contributed by atoms with Crippen LogP contribution < -0.4 is 5.73 Å². The van der Waals surface area contributed by atoms with E-state index in [1.54, 1.807) is 4.90 Å². The smallest absolute Gasteiger partial charge is 0.239 e. The van der Waals surface area contributed by atoms with Gasteiger partial charge in [0.2, 0.25) is 5.91 Å². The molecular weight excluding hydrogens is 268 g/mol. The van der Waals surface area contributed by atoms with Crippen LogP contribution in [0.4, 0.5) is 0 Å². The molecule has 4 atom stereocenters. The van der Waals surface area contributed by atoms with Crippen LogP contribution in [-0.4, -0.2) is 53.4 Å². The van der Waals surface area contributed by atoms with Crippen LogP contribution in [-0.2, 0) is 9.53 Å². The van der Waals surface area contributed by atoms with E-state index in [1.165, 1.54) is 0 Å². The Morgan fingerprint density at radius 3 is 2.74 bits per heavy atom. The topological polar surface area (TPSA) is 75.8 Å². The maximum Gasteiger partial charge on any atom is 0.239 e. The van der Waals surface area contributed by atoms with E-state index in [2.05, 4.69) is 20.8 Å². The monoisotopic (exact) mass is 292 g/mol. The van der Waals surface area contributed by atoms with Gasteiger partial charge in [0.15, 0.2) is 0 Å². The van der Waals surface area contributed by atoms with Crippen molar-refractivity contribution in [2.45, 2.75) is 57.9 Å². The molecule has 0 spiro atoms. The van der Waals surface area contributed by atoms with E-state index in [0.29, 0.717) is 19.6 Å². The number of aliphatic hydroxyl groups is 1. The Morgan fingerprint density at radius 1 is 1.53 bits per heavy atom. The SMILES string of the molecule is CC(C)(C)CC(N)C(=O)N1CC[C@H]2OC[C@H](O)[C@H]21.Cl. The largest absolute Gasteiger partial charge is 0.388 e. The lowest BCUT2D eigenvalue weighted by molar-refractivity contribution is -0.135. The summed E-state index contributed by atoms with van der Waals surface area (Å²) in [5.74, 6) is -0.0537. The Kier molecular flexibility index (Phi) is 5.23. The molecule has 0 aliphatic carbocycles. The first-order valence-corrected chi connectivity index (χ1v) is 6.65. The van der Waals surface area contributed by atoms with E-state index in [4.69, 9.17) is 10.5 Å². The van der Waals surface area contributed by atoms with E-state index in [1.807, 2.05) is 0 Å². The van der Waals surface area contributed by atoms with Crippen LogP contribution >= 0.6 is 12.4 Å². The number of rotatable bonds is 2. The molecule has 0 bridgehead atoms. The Bertz CT molecular complexity index is 332. The Labute approximate surface area is 120 Å². The number of amides is 1. The molecule has 2 fully saturated rings. The predicted octanol–water partition coefficient (Wildman–Crippen LogP) is 0.532. The molecule has 2 saturated heterocycles. The number of hydrogen-bond acceptors (Lipinski definition) is 4. The summed E-state index contributed by atoms with van der Waals surface area (Å²) >= 11 is 0. The van der Waals surface area contributed by atoms with Crippen LogP contribution in [0, 0.1) is 5.41 Å². The number of likely N-dealkylation sites (tertiary alicyclic amines) is 1. The van der Waals surface area contributed by atoms with Crippen molar-refractivity contribution in [2.75, 3.05) is 13.2 Å². The van der Waals surface area contributed by atoms with Gasteiger partial charge in [-0.05, 0) is 18.3 Å². The highest BCUT2D eigenvalue weighted by Gasteiger charge is 2.47. The summed E-state index contributed by atoms with van der Waals surface area (Å²) in [5, 5.41) is 9.87.